The third kappa shape index (κ3) is 8.59. The summed E-state index contributed by atoms with van der Waals surface area (Å²) in [7, 11) is 0. The van der Waals surface area contributed by atoms with E-state index in [-0.39, 0.29) is 5.54 Å². The molecule has 5 fully saturated rings. The summed E-state index contributed by atoms with van der Waals surface area (Å²) in [4.78, 5) is 7.67. The molecule has 7 atom stereocenters. The molecule has 0 aromatic carbocycles. The molecule has 2 heteroatoms. The summed E-state index contributed by atoms with van der Waals surface area (Å²) >= 11 is 0. The van der Waals surface area contributed by atoms with Gasteiger partial charge in [0.25, 0.3) is 0 Å². The van der Waals surface area contributed by atoms with Gasteiger partial charge in [0.1, 0.15) is 0 Å². The lowest BCUT2D eigenvalue weighted by atomic mass is 9.59. The van der Waals surface area contributed by atoms with Gasteiger partial charge in [0.05, 0.1) is 6.10 Å². The zero-order valence-electron chi connectivity index (χ0n) is 29.3. The molecule has 0 aromatic rings. The maximum absolute atomic E-state index is 7.67. The van der Waals surface area contributed by atoms with E-state index in [2.05, 4.69) is 46.6 Å². The van der Waals surface area contributed by atoms with Crippen LogP contribution in [0.4, 0.5) is 0 Å². The lowest BCUT2D eigenvalue weighted by Gasteiger charge is -2.50. The molecular weight excluding hydrogens is 510 g/mol. The van der Waals surface area contributed by atoms with Gasteiger partial charge in [0.15, 0.2) is 0 Å². The maximum atomic E-state index is 7.67. The van der Waals surface area contributed by atoms with Crippen LogP contribution in [0, 0.1) is 53.3 Å². The summed E-state index contributed by atoms with van der Waals surface area (Å²) in [5.41, 5.74) is 0.0359. The Morgan fingerprint density at radius 3 is 1.60 bits per heavy atom. The standard InChI is InChI=1S/C40H73NO/c1-29(2)39(34-20-14-9-15-21-34)41(40(4,5)6)42-38(33-18-12-8-13-19-33)28-37(26-30(3)31-16-10-7-11-17-31)36-25-23-32-22-24-35(32)27-36/h29-39H,7-28H2,1-6H3. The second kappa shape index (κ2) is 15.5. The summed E-state index contributed by atoms with van der Waals surface area (Å²) in [5, 5.41) is 2.64. The summed E-state index contributed by atoms with van der Waals surface area (Å²) < 4.78 is 0. The molecule has 0 saturated heterocycles. The molecule has 5 saturated carbocycles. The number of hydroxylamine groups is 2. The lowest BCUT2D eigenvalue weighted by Crippen LogP contribution is -2.56. The van der Waals surface area contributed by atoms with Crippen molar-refractivity contribution < 1.29 is 4.84 Å². The average molecular weight is 584 g/mol. The predicted molar refractivity (Wildman–Crippen MR) is 180 cm³/mol. The lowest BCUT2D eigenvalue weighted by molar-refractivity contribution is -0.295. The first-order valence-electron chi connectivity index (χ1n) is 19.7. The van der Waals surface area contributed by atoms with Crippen molar-refractivity contribution in [3.8, 4) is 0 Å². The average Bonchev–Trinajstić information content (AvgIpc) is 2.97. The quantitative estimate of drug-likeness (QED) is 0.212. The summed E-state index contributed by atoms with van der Waals surface area (Å²) in [6.07, 6.45) is 32.5. The van der Waals surface area contributed by atoms with Gasteiger partial charge in [0, 0.05) is 11.6 Å². The first-order chi connectivity index (χ1) is 20.2. The number of hydrogen-bond donors (Lipinski definition) is 0. The van der Waals surface area contributed by atoms with Gasteiger partial charge >= 0.3 is 0 Å². The Kier molecular flexibility index (Phi) is 12.3. The highest BCUT2D eigenvalue weighted by atomic mass is 16.7. The normalized spacial score (nSPS) is 31.9. The molecule has 2 nitrogen and oxygen atoms in total. The minimum atomic E-state index is 0.0359. The first-order valence-corrected chi connectivity index (χ1v) is 19.7. The highest BCUT2D eigenvalue weighted by Crippen LogP contribution is 2.51. The first kappa shape index (κ1) is 33.3. The van der Waals surface area contributed by atoms with E-state index in [1.807, 2.05) is 0 Å². The smallest absolute Gasteiger partial charge is 0.0824 e. The predicted octanol–water partition coefficient (Wildman–Crippen LogP) is 12.0. The number of nitrogens with zero attached hydrogens (tertiary/aromatic N) is 1. The van der Waals surface area contributed by atoms with Crippen molar-refractivity contribution in [3.63, 3.8) is 0 Å². The third-order valence-corrected chi connectivity index (χ3v) is 13.6. The van der Waals surface area contributed by atoms with E-state index in [0.717, 1.165) is 47.3 Å². The number of fused-ring (bicyclic) bond motifs is 1. The van der Waals surface area contributed by atoms with Gasteiger partial charge in [0.2, 0.25) is 0 Å². The van der Waals surface area contributed by atoms with E-state index in [1.165, 1.54) is 135 Å². The molecule has 42 heavy (non-hydrogen) atoms. The molecule has 0 N–H and O–H groups in total. The van der Waals surface area contributed by atoms with Crippen molar-refractivity contribution in [2.24, 2.45) is 53.3 Å². The molecule has 0 bridgehead atoms. The fourth-order valence-corrected chi connectivity index (χ4v) is 11.0. The van der Waals surface area contributed by atoms with Crippen LogP contribution in [0.2, 0.25) is 0 Å². The minimum absolute atomic E-state index is 0.0359. The molecule has 5 rings (SSSR count). The van der Waals surface area contributed by atoms with Crippen molar-refractivity contribution in [2.75, 3.05) is 0 Å². The summed E-state index contributed by atoms with van der Waals surface area (Å²) in [6, 6.07) is 0.543. The Morgan fingerprint density at radius 2 is 1.10 bits per heavy atom. The SMILES string of the molecule is CC(C)C(C1CCCCC1)N(OC(CC(CC(C)C1CCCCC1)C1CCC2CCC2C1)C1CCCCC1)C(C)(C)C. The highest BCUT2D eigenvalue weighted by Gasteiger charge is 2.44. The van der Waals surface area contributed by atoms with Crippen molar-refractivity contribution in [1.82, 2.24) is 5.06 Å². The van der Waals surface area contributed by atoms with Crippen molar-refractivity contribution >= 4 is 0 Å². The monoisotopic (exact) mass is 584 g/mol. The molecular formula is C40H73NO. The fraction of sp³-hybridized carbons (Fsp3) is 1.00. The topological polar surface area (TPSA) is 12.5 Å². The zero-order chi connectivity index (χ0) is 29.7. The highest BCUT2D eigenvalue weighted by molar-refractivity contribution is 4.93. The third-order valence-electron chi connectivity index (χ3n) is 13.6. The second-order valence-electron chi connectivity index (χ2n) is 17.9. The fourth-order valence-electron chi connectivity index (χ4n) is 11.0. The molecule has 5 aliphatic carbocycles. The summed E-state index contributed by atoms with van der Waals surface area (Å²) in [6.45, 7) is 15.0. The van der Waals surface area contributed by atoms with Gasteiger partial charge in [-0.2, -0.15) is 5.06 Å². The van der Waals surface area contributed by atoms with Gasteiger partial charge in [-0.15, -0.1) is 0 Å². The van der Waals surface area contributed by atoms with Crippen molar-refractivity contribution in [2.45, 2.75) is 200 Å². The van der Waals surface area contributed by atoms with E-state index >= 15 is 0 Å². The van der Waals surface area contributed by atoms with Gasteiger partial charge in [-0.1, -0.05) is 91.4 Å². The number of rotatable bonds is 12. The van der Waals surface area contributed by atoms with Crippen LogP contribution in [-0.4, -0.2) is 22.7 Å². The van der Waals surface area contributed by atoms with Crippen LogP contribution in [0.3, 0.4) is 0 Å². The van der Waals surface area contributed by atoms with Gasteiger partial charge in [-0.25, -0.2) is 0 Å². The summed E-state index contributed by atoms with van der Waals surface area (Å²) in [5.74, 6) is 8.03. The van der Waals surface area contributed by atoms with E-state index in [1.54, 1.807) is 6.42 Å². The molecule has 0 aromatic heterocycles. The Balaban J connectivity index is 1.39. The van der Waals surface area contributed by atoms with Crippen LogP contribution in [0.1, 0.15) is 183 Å². The Morgan fingerprint density at radius 1 is 0.571 bits per heavy atom. The zero-order valence-corrected chi connectivity index (χ0v) is 29.3. The van der Waals surface area contributed by atoms with Crippen LogP contribution in [-0.2, 0) is 4.84 Å². The van der Waals surface area contributed by atoms with Crippen LogP contribution in [0.15, 0.2) is 0 Å². The molecule has 0 aliphatic heterocycles. The van der Waals surface area contributed by atoms with Crippen LogP contribution in [0.25, 0.3) is 0 Å². The van der Waals surface area contributed by atoms with Gasteiger partial charge < -0.3 is 0 Å². The molecule has 7 unspecified atom stereocenters. The largest absolute Gasteiger partial charge is 0.295 e. The maximum Gasteiger partial charge on any atom is 0.0824 e. The molecule has 0 spiro atoms. The van der Waals surface area contributed by atoms with E-state index in [0.29, 0.717) is 18.1 Å². The van der Waals surface area contributed by atoms with E-state index in [4.69, 9.17) is 4.84 Å². The Hall–Kier alpha value is -0.0800. The minimum Gasteiger partial charge on any atom is -0.295 e. The molecule has 244 valence electrons. The van der Waals surface area contributed by atoms with E-state index < -0.39 is 0 Å². The van der Waals surface area contributed by atoms with Crippen LogP contribution in [0.5, 0.6) is 0 Å². The molecule has 0 amide bonds. The Labute approximate surface area is 263 Å². The van der Waals surface area contributed by atoms with E-state index in [9.17, 15) is 0 Å². The number of hydrogen-bond acceptors (Lipinski definition) is 2. The van der Waals surface area contributed by atoms with Crippen molar-refractivity contribution in [3.05, 3.63) is 0 Å². The molecule has 0 heterocycles. The Bertz CT molecular complexity index is 767. The van der Waals surface area contributed by atoms with Gasteiger partial charge in [-0.3, -0.25) is 4.84 Å². The molecule has 5 aliphatic rings. The van der Waals surface area contributed by atoms with Crippen LogP contribution >= 0.6 is 0 Å². The van der Waals surface area contributed by atoms with Crippen LogP contribution < -0.4 is 0 Å². The van der Waals surface area contributed by atoms with Gasteiger partial charge in [-0.05, 0) is 145 Å². The second-order valence-corrected chi connectivity index (χ2v) is 17.9. The van der Waals surface area contributed by atoms with Crippen molar-refractivity contribution in [1.29, 1.82) is 0 Å². The molecule has 0 radical (unpaired) electrons.